The first-order valence-electron chi connectivity index (χ1n) is 8.13. The number of carbonyl (C=O) groups is 1. The van der Waals surface area contributed by atoms with Crippen molar-refractivity contribution < 1.29 is 9.53 Å². The molecule has 0 aliphatic carbocycles. The van der Waals surface area contributed by atoms with E-state index in [2.05, 4.69) is 24.3 Å². The summed E-state index contributed by atoms with van der Waals surface area (Å²) in [5, 5.41) is 0. The lowest BCUT2D eigenvalue weighted by Crippen LogP contribution is -2.43. The molecule has 2 rings (SSSR count). The van der Waals surface area contributed by atoms with Crippen molar-refractivity contribution in [3.05, 3.63) is 35.9 Å². The van der Waals surface area contributed by atoms with Crippen LogP contribution in [-0.2, 0) is 4.74 Å². The number of rotatable bonds is 3. The Labute approximate surface area is 133 Å². The van der Waals surface area contributed by atoms with E-state index in [0.29, 0.717) is 18.4 Å². The van der Waals surface area contributed by atoms with Crippen LogP contribution in [0.25, 0.3) is 0 Å². The van der Waals surface area contributed by atoms with Crippen LogP contribution in [0.5, 0.6) is 0 Å². The van der Waals surface area contributed by atoms with Crippen LogP contribution in [0, 0.1) is 5.92 Å². The maximum atomic E-state index is 12.1. The van der Waals surface area contributed by atoms with Crippen molar-refractivity contribution in [1.82, 2.24) is 4.90 Å². The fraction of sp³-hybridized carbons (Fsp3) is 0.611. The zero-order valence-corrected chi connectivity index (χ0v) is 13.9. The van der Waals surface area contributed by atoms with E-state index < -0.39 is 5.60 Å². The van der Waals surface area contributed by atoms with Crippen molar-refractivity contribution in [3.8, 4) is 0 Å². The van der Waals surface area contributed by atoms with Crippen molar-refractivity contribution in [2.75, 3.05) is 19.6 Å². The van der Waals surface area contributed by atoms with Gasteiger partial charge in [-0.3, -0.25) is 0 Å². The maximum absolute atomic E-state index is 12.1. The topological polar surface area (TPSA) is 55.6 Å². The van der Waals surface area contributed by atoms with Crippen LogP contribution in [0.1, 0.15) is 45.1 Å². The van der Waals surface area contributed by atoms with E-state index in [0.717, 1.165) is 25.9 Å². The van der Waals surface area contributed by atoms with Gasteiger partial charge in [-0.15, -0.1) is 0 Å². The number of carbonyl (C=O) groups excluding carboxylic acids is 1. The van der Waals surface area contributed by atoms with Crippen LogP contribution >= 0.6 is 0 Å². The Morgan fingerprint density at radius 1 is 1.27 bits per heavy atom. The minimum absolute atomic E-state index is 0.199. The molecule has 4 nitrogen and oxygen atoms in total. The number of nitrogens with zero attached hydrogens (tertiary/aromatic N) is 1. The van der Waals surface area contributed by atoms with Crippen molar-refractivity contribution in [1.29, 1.82) is 0 Å². The van der Waals surface area contributed by atoms with Crippen LogP contribution < -0.4 is 5.73 Å². The molecule has 0 bridgehead atoms. The Balaban J connectivity index is 1.92. The highest BCUT2D eigenvalue weighted by Crippen LogP contribution is 2.32. The highest BCUT2D eigenvalue weighted by molar-refractivity contribution is 5.68. The molecule has 1 aromatic rings. The highest BCUT2D eigenvalue weighted by Gasteiger charge is 2.30. The van der Waals surface area contributed by atoms with Crippen LogP contribution in [-0.4, -0.2) is 36.2 Å². The summed E-state index contributed by atoms with van der Waals surface area (Å²) < 4.78 is 5.45. The zero-order valence-electron chi connectivity index (χ0n) is 13.9. The number of piperidine rings is 1. The lowest BCUT2D eigenvalue weighted by molar-refractivity contribution is 0.0175. The van der Waals surface area contributed by atoms with E-state index in [1.54, 1.807) is 0 Å². The van der Waals surface area contributed by atoms with E-state index in [4.69, 9.17) is 10.5 Å². The van der Waals surface area contributed by atoms with Gasteiger partial charge in [0.15, 0.2) is 0 Å². The molecule has 22 heavy (non-hydrogen) atoms. The molecule has 1 atom stereocenters. The Morgan fingerprint density at radius 2 is 1.86 bits per heavy atom. The second kappa shape index (κ2) is 7.14. The third-order valence-corrected chi connectivity index (χ3v) is 4.24. The molecule has 1 amide bonds. The van der Waals surface area contributed by atoms with Crippen molar-refractivity contribution in [2.24, 2.45) is 11.7 Å². The van der Waals surface area contributed by atoms with Crippen LogP contribution in [0.15, 0.2) is 30.3 Å². The van der Waals surface area contributed by atoms with Crippen molar-refractivity contribution in [3.63, 3.8) is 0 Å². The quantitative estimate of drug-likeness (QED) is 0.931. The Morgan fingerprint density at radius 3 is 2.36 bits per heavy atom. The van der Waals surface area contributed by atoms with Crippen molar-refractivity contribution in [2.45, 2.75) is 45.1 Å². The van der Waals surface area contributed by atoms with E-state index in [1.807, 2.05) is 31.7 Å². The predicted molar refractivity (Wildman–Crippen MR) is 88.8 cm³/mol. The van der Waals surface area contributed by atoms with Gasteiger partial charge in [-0.05, 0) is 57.6 Å². The standard InChI is InChI=1S/C18H28N2O2/c1-18(2,3)22-17(21)20-11-9-15(10-12-20)16(13-19)14-7-5-4-6-8-14/h4-8,15-16H,9-13,19H2,1-3H3/t16-/m1/s1. The molecule has 0 unspecified atom stereocenters. The first-order chi connectivity index (χ1) is 10.4. The minimum Gasteiger partial charge on any atom is -0.444 e. The largest absolute Gasteiger partial charge is 0.444 e. The minimum atomic E-state index is -0.433. The SMILES string of the molecule is CC(C)(C)OC(=O)N1CCC([C@H](CN)c2ccccc2)CC1. The molecule has 0 radical (unpaired) electrons. The second-order valence-electron chi connectivity index (χ2n) is 7.06. The molecule has 4 heteroatoms. The molecule has 1 heterocycles. The van der Waals surface area contributed by atoms with Gasteiger partial charge in [-0.2, -0.15) is 0 Å². The zero-order chi connectivity index (χ0) is 16.2. The van der Waals surface area contributed by atoms with Gasteiger partial charge >= 0.3 is 6.09 Å². The molecule has 122 valence electrons. The van der Waals surface area contributed by atoms with Gasteiger partial charge in [-0.1, -0.05) is 30.3 Å². The van der Waals surface area contributed by atoms with Gasteiger partial charge in [0.25, 0.3) is 0 Å². The predicted octanol–water partition coefficient (Wildman–Crippen LogP) is 3.38. The number of likely N-dealkylation sites (tertiary alicyclic amines) is 1. The second-order valence-corrected chi connectivity index (χ2v) is 7.06. The molecule has 0 aromatic heterocycles. The first kappa shape index (κ1) is 16.8. The van der Waals surface area contributed by atoms with Gasteiger partial charge in [0, 0.05) is 13.1 Å². The summed E-state index contributed by atoms with van der Waals surface area (Å²) in [7, 11) is 0. The number of nitrogens with two attached hydrogens (primary N) is 1. The van der Waals surface area contributed by atoms with E-state index in [1.165, 1.54) is 5.56 Å². The lowest BCUT2D eigenvalue weighted by atomic mass is 9.80. The van der Waals surface area contributed by atoms with E-state index in [9.17, 15) is 4.79 Å². The van der Waals surface area contributed by atoms with E-state index >= 15 is 0 Å². The first-order valence-corrected chi connectivity index (χ1v) is 8.13. The fourth-order valence-corrected chi connectivity index (χ4v) is 3.11. The summed E-state index contributed by atoms with van der Waals surface area (Å²) in [5.41, 5.74) is 6.88. The number of benzene rings is 1. The smallest absolute Gasteiger partial charge is 0.410 e. The van der Waals surface area contributed by atoms with Gasteiger partial charge in [0.2, 0.25) is 0 Å². The lowest BCUT2D eigenvalue weighted by Gasteiger charge is -2.36. The summed E-state index contributed by atoms with van der Waals surface area (Å²) >= 11 is 0. The average Bonchev–Trinajstić information content (AvgIpc) is 2.48. The molecule has 2 N–H and O–H groups in total. The summed E-state index contributed by atoms with van der Waals surface area (Å²) in [6.45, 7) is 7.86. The molecule has 1 aliphatic rings. The maximum Gasteiger partial charge on any atom is 0.410 e. The van der Waals surface area contributed by atoms with Crippen molar-refractivity contribution >= 4 is 6.09 Å². The molecule has 0 spiro atoms. The number of hydrogen-bond acceptors (Lipinski definition) is 3. The van der Waals surface area contributed by atoms with Gasteiger partial charge in [-0.25, -0.2) is 4.79 Å². The summed E-state index contributed by atoms with van der Waals surface area (Å²) in [6, 6.07) is 10.5. The normalized spacial score (nSPS) is 18.1. The summed E-state index contributed by atoms with van der Waals surface area (Å²) in [4.78, 5) is 13.9. The number of amides is 1. The number of ether oxygens (including phenoxy) is 1. The van der Waals surface area contributed by atoms with Gasteiger partial charge < -0.3 is 15.4 Å². The monoisotopic (exact) mass is 304 g/mol. The van der Waals surface area contributed by atoms with E-state index in [-0.39, 0.29) is 6.09 Å². The third-order valence-electron chi connectivity index (χ3n) is 4.24. The molecular weight excluding hydrogens is 276 g/mol. The van der Waals surface area contributed by atoms with Crippen LogP contribution in [0.3, 0.4) is 0 Å². The summed E-state index contributed by atoms with van der Waals surface area (Å²) in [5.74, 6) is 0.910. The molecular formula is C18H28N2O2. The summed E-state index contributed by atoms with van der Waals surface area (Å²) in [6.07, 6.45) is 1.77. The Bertz CT molecular complexity index is 474. The molecule has 1 saturated heterocycles. The molecule has 1 fully saturated rings. The highest BCUT2D eigenvalue weighted by atomic mass is 16.6. The molecule has 1 aromatic carbocycles. The molecule has 0 saturated carbocycles. The van der Waals surface area contributed by atoms with Gasteiger partial charge in [0.05, 0.1) is 0 Å². The van der Waals surface area contributed by atoms with Crippen LogP contribution in [0.4, 0.5) is 4.79 Å². The number of hydrogen-bond donors (Lipinski definition) is 1. The third kappa shape index (κ3) is 4.47. The Kier molecular flexibility index (Phi) is 5.46. The fourth-order valence-electron chi connectivity index (χ4n) is 3.11. The Hall–Kier alpha value is -1.55. The van der Waals surface area contributed by atoms with Gasteiger partial charge in [0.1, 0.15) is 5.60 Å². The average molecular weight is 304 g/mol. The molecule has 1 aliphatic heterocycles. The van der Waals surface area contributed by atoms with Crippen LogP contribution in [0.2, 0.25) is 0 Å².